The van der Waals surface area contributed by atoms with Crippen molar-refractivity contribution in [2.24, 2.45) is 11.8 Å². The monoisotopic (exact) mass is 641 g/mol. The fraction of sp³-hybridized carbons (Fsp3) is 0.759. The third-order valence-corrected chi connectivity index (χ3v) is 8.95. The molecule has 2 unspecified atom stereocenters. The molecule has 0 aliphatic rings. The first-order chi connectivity index (χ1) is 21.0. The van der Waals surface area contributed by atoms with Gasteiger partial charge in [-0.05, 0) is 24.7 Å². The summed E-state index contributed by atoms with van der Waals surface area (Å²) in [5.41, 5.74) is 6.76. The number of carbonyl (C=O) groups is 2. The highest BCUT2D eigenvalue weighted by Gasteiger charge is 2.38. The molecule has 2 rings (SSSR count). The number of nitrogen functional groups attached to an aromatic ring is 1. The first-order valence-corrected chi connectivity index (χ1v) is 17.5. The molecule has 0 saturated heterocycles. The summed E-state index contributed by atoms with van der Waals surface area (Å²) in [4.78, 5) is 38.6. The molecule has 2 aromatic heterocycles. The first-order valence-electron chi connectivity index (χ1n) is 15.6. The van der Waals surface area contributed by atoms with Gasteiger partial charge in [0.2, 0.25) is 7.44 Å². The summed E-state index contributed by atoms with van der Waals surface area (Å²) in [7, 11) is -3.86. The summed E-state index contributed by atoms with van der Waals surface area (Å²) < 4.78 is 33.2. The Morgan fingerprint density at radius 3 is 1.95 bits per heavy atom. The number of imidazole rings is 1. The number of nitrogens with zero attached hydrogens (tertiary/aromatic N) is 4. The van der Waals surface area contributed by atoms with Crippen molar-refractivity contribution in [3.8, 4) is 0 Å². The van der Waals surface area contributed by atoms with Crippen LogP contribution in [0.5, 0.6) is 0 Å². The molecule has 0 fully saturated rings. The summed E-state index contributed by atoms with van der Waals surface area (Å²) in [6.45, 7) is 11.6. The normalized spacial score (nSPS) is 15.3. The predicted molar refractivity (Wildman–Crippen MR) is 169 cm³/mol. The second kappa shape index (κ2) is 19.0. The minimum atomic E-state index is -3.86. The molecule has 0 aliphatic carbocycles. The van der Waals surface area contributed by atoms with Gasteiger partial charge in [-0.15, -0.1) is 0 Å². The molecule has 0 radical (unpaired) electrons. The first kappa shape index (κ1) is 37.5. The third-order valence-electron chi connectivity index (χ3n) is 7.05. The van der Waals surface area contributed by atoms with Crippen LogP contribution in [0.15, 0.2) is 12.7 Å². The van der Waals surface area contributed by atoms with Gasteiger partial charge in [0, 0.05) is 0 Å². The molecule has 44 heavy (non-hydrogen) atoms. The number of nitrogens with two attached hydrogens (primary N) is 1. The Kier molecular flexibility index (Phi) is 16.2. The van der Waals surface area contributed by atoms with Crippen LogP contribution in [0.3, 0.4) is 0 Å². The summed E-state index contributed by atoms with van der Waals surface area (Å²) in [6.07, 6.45) is 6.79. The minimum Gasteiger partial charge on any atom is -0.465 e. The van der Waals surface area contributed by atoms with Crippen molar-refractivity contribution in [1.82, 2.24) is 29.7 Å². The van der Waals surface area contributed by atoms with Crippen LogP contribution in [0.1, 0.15) is 80.1 Å². The van der Waals surface area contributed by atoms with E-state index in [1.165, 1.54) is 12.7 Å². The van der Waals surface area contributed by atoms with E-state index in [0.717, 1.165) is 38.5 Å². The van der Waals surface area contributed by atoms with Crippen molar-refractivity contribution >= 4 is 36.4 Å². The quantitative estimate of drug-likeness (QED) is 0.0828. The van der Waals surface area contributed by atoms with Crippen LogP contribution in [0.4, 0.5) is 5.82 Å². The third kappa shape index (κ3) is 11.7. The van der Waals surface area contributed by atoms with Gasteiger partial charge in [0.05, 0.1) is 38.8 Å². The predicted octanol–water partition coefficient (Wildman–Crippen LogP) is 3.63. The zero-order valence-corrected chi connectivity index (χ0v) is 27.9. The molecular weight excluding hydrogens is 589 g/mol. The number of anilines is 1. The van der Waals surface area contributed by atoms with Crippen LogP contribution >= 0.6 is 7.44 Å². The highest BCUT2D eigenvalue weighted by atomic mass is 31.2. The molecule has 2 heterocycles. The van der Waals surface area contributed by atoms with Crippen LogP contribution in [0, 0.1) is 11.8 Å². The fourth-order valence-corrected chi connectivity index (χ4v) is 6.71. The van der Waals surface area contributed by atoms with Crippen LogP contribution in [-0.2, 0) is 34.9 Å². The van der Waals surface area contributed by atoms with Gasteiger partial charge in [-0.3, -0.25) is 14.2 Å². The molecule has 15 heteroatoms. The largest absolute Gasteiger partial charge is 0.465 e. The van der Waals surface area contributed by atoms with E-state index in [1.807, 2.05) is 27.7 Å². The molecule has 0 spiro atoms. The highest BCUT2D eigenvalue weighted by molar-refractivity contribution is 7.59. The van der Waals surface area contributed by atoms with Gasteiger partial charge in [0.25, 0.3) is 0 Å². The number of carbonyl (C=O) groups excluding carboxylic acids is 2. The standard InChI is InChI=1S/C29H52N7O7P/c1-7-9-11-13-41-28(38)23(20(3)4)34-44(40,35-24(21(5)6)29(39)42-14-12-10-8-2)19-43-22(16-37)15-36-18-33-25-26(30)31-17-32-27(25)36/h17-18,20-24,37H,7-16,19H2,1-6H3,(H2,30,31,32)(H2,34,35,40)/t22-,23?,24?,44?/m0/s1. The summed E-state index contributed by atoms with van der Waals surface area (Å²) in [5.74, 6) is -1.45. The number of fused-ring (bicyclic) bond motifs is 1. The number of hydrogen-bond acceptors (Lipinski definition) is 11. The zero-order valence-electron chi connectivity index (χ0n) is 27.0. The van der Waals surface area contributed by atoms with Gasteiger partial charge in [-0.1, -0.05) is 67.2 Å². The minimum absolute atomic E-state index is 0.115. The Balaban J connectivity index is 2.29. The second-order valence-electron chi connectivity index (χ2n) is 11.6. The molecule has 0 bridgehead atoms. The number of aliphatic hydroxyl groups is 1. The topological polar surface area (TPSA) is 193 Å². The van der Waals surface area contributed by atoms with Gasteiger partial charge in [0.15, 0.2) is 11.5 Å². The van der Waals surface area contributed by atoms with E-state index in [2.05, 4.69) is 39.0 Å². The Labute approximate surface area is 260 Å². The van der Waals surface area contributed by atoms with Crippen molar-refractivity contribution < 1.29 is 33.5 Å². The van der Waals surface area contributed by atoms with Gasteiger partial charge in [0.1, 0.15) is 30.3 Å². The molecule has 0 amide bonds. The van der Waals surface area contributed by atoms with Crippen LogP contribution in [-0.4, -0.2) is 80.9 Å². The highest BCUT2D eigenvalue weighted by Crippen LogP contribution is 2.40. The number of rotatable bonds is 22. The van der Waals surface area contributed by atoms with E-state index < -0.39 is 50.5 Å². The summed E-state index contributed by atoms with van der Waals surface area (Å²) >= 11 is 0. The summed E-state index contributed by atoms with van der Waals surface area (Å²) in [6, 6.07) is -1.89. The van der Waals surface area contributed by atoms with E-state index >= 15 is 0 Å². The van der Waals surface area contributed by atoms with Gasteiger partial charge >= 0.3 is 11.9 Å². The average molecular weight is 642 g/mol. The lowest BCUT2D eigenvalue weighted by atomic mass is 10.1. The number of ether oxygens (including phenoxy) is 3. The lowest BCUT2D eigenvalue weighted by Gasteiger charge is -2.32. The fourth-order valence-electron chi connectivity index (χ4n) is 4.36. The number of aliphatic hydroxyl groups excluding tert-OH is 1. The number of nitrogens with one attached hydrogen (secondary N) is 2. The van der Waals surface area contributed by atoms with E-state index in [1.54, 1.807) is 4.57 Å². The second-order valence-corrected chi connectivity index (χ2v) is 13.9. The Morgan fingerprint density at radius 2 is 1.48 bits per heavy atom. The van der Waals surface area contributed by atoms with Crippen LogP contribution in [0.25, 0.3) is 11.2 Å². The van der Waals surface area contributed by atoms with Crippen molar-refractivity contribution in [2.45, 2.75) is 105 Å². The van der Waals surface area contributed by atoms with Gasteiger partial charge < -0.3 is 29.6 Å². The molecule has 2 aromatic rings. The Hall–Kier alpha value is -2.64. The number of aromatic nitrogens is 4. The Morgan fingerprint density at radius 1 is 0.932 bits per heavy atom. The van der Waals surface area contributed by atoms with E-state index in [9.17, 15) is 19.3 Å². The van der Waals surface area contributed by atoms with E-state index in [-0.39, 0.29) is 37.4 Å². The van der Waals surface area contributed by atoms with Crippen LogP contribution < -0.4 is 15.9 Å². The maximum Gasteiger partial charge on any atom is 0.323 e. The molecular formula is C29H52N7O7P. The smallest absolute Gasteiger partial charge is 0.323 e. The summed E-state index contributed by atoms with van der Waals surface area (Å²) in [5, 5.41) is 16.1. The van der Waals surface area contributed by atoms with Gasteiger partial charge in [-0.2, -0.15) is 0 Å². The number of esters is 2. The lowest BCUT2D eigenvalue weighted by molar-refractivity contribution is -0.147. The lowest BCUT2D eigenvalue weighted by Crippen LogP contribution is -2.48. The van der Waals surface area contributed by atoms with E-state index in [4.69, 9.17) is 19.9 Å². The molecule has 14 nitrogen and oxygen atoms in total. The molecule has 250 valence electrons. The molecule has 0 aromatic carbocycles. The SMILES string of the molecule is CCCCCOC(=O)C(NP(=O)(CO[C@H](CO)Cn1cnc2c(N)ncnc21)NC(C(=O)OCCCCC)C(C)C)C(C)C. The Bertz CT molecular complexity index is 1170. The zero-order chi connectivity index (χ0) is 32.7. The molecule has 3 atom stereocenters. The average Bonchev–Trinajstić information content (AvgIpc) is 3.40. The molecule has 5 N–H and O–H groups in total. The number of hydrogen-bond donors (Lipinski definition) is 4. The van der Waals surface area contributed by atoms with Crippen molar-refractivity contribution in [1.29, 1.82) is 0 Å². The maximum atomic E-state index is 14.6. The van der Waals surface area contributed by atoms with Crippen molar-refractivity contribution in [3.05, 3.63) is 12.7 Å². The maximum absolute atomic E-state index is 14.6. The molecule has 0 aliphatic heterocycles. The van der Waals surface area contributed by atoms with Crippen molar-refractivity contribution in [3.63, 3.8) is 0 Å². The number of unbranched alkanes of at least 4 members (excludes halogenated alkanes) is 4. The van der Waals surface area contributed by atoms with Gasteiger partial charge in [-0.25, -0.2) is 25.1 Å². The van der Waals surface area contributed by atoms with E-state index in [0.29, 0.717) is 11.2 Å². The van der Waals surface area contributed by atoms with Crippen LogP contribution in [0.2, 0.25) is 0 Å². The molecule has 0 saturated carbocycles. The van der Waals surface area contributed by atoms with Crippen molar-refractivity contribution in [2.75, 3.05) is 31.9 Å².